The highest BCUT2D eigenvalue weighted by molar-refractivity contribution is 8.00. The molecule has 29 heavy (non-hydrogen) atoms. The molecule has 1 unspecified atom stereocenters. The zero-order chi connectivity index (χ0) is 20.7. The third-order valence-electron chi connectivity index (χ3n) is 4.78. The van der Waals surface area contributed by atoms with Gasteiger partial charge in [-0.25, -0.2) is 4.79 Å². The molecule has 2 heterocycles. The summed E-state index contributed by atoms with van der Waals surface area (Å²) in [6.07, 6.45) is 9.14. The zero-order valence-corrected chi connectivity index (χ0v) is 17.8. The van der Waals surface area contributed by atoms with E-state index in [9.17, 15) is 9.59 Å². The van der Waals surface area contributed by atoms with Gasteiger partial charge < -0.3 is 30.2 Å². The van der Waals surface area contributed by atoms with Crippen LogP contribution in [0.25, 0.3) is 0 Å². The van der Waals surface area contributed by atoms with E-state index in [1.54, 1.807) is 0 Å². The second-order valence-corrected chi connectivity index (χ2v) is 8.28. The second-order valence-electron chi connectivity index (χ2n) is 7.01. The molecule has 3 atom stereocenters. The minimum atomic E-state index is -0.0522. The fourth-order valence-corrected chi connectivity index (χ4v) is 4.84. The van der Waals surface area contributed by atoms with Crippen molar-refractivity contribution in [1.82, 2.24) is 16.0 Å². The number of thioether (sulfide) groups is 1. The lowest BCUT2D eigenvalue weighted by molar-refractivity contribution is -0.121. The third-order valence-corrected chi connectivity index (χ3v) is 6.29. The summed E-state index contributed by atoms with van der Waals surface area (Å²) in [6.45, 7) is 3.59. The summed E-state index contributed by atoms with van der Waals surface area (Å²) in [6, 6.07) is 0.449. The van der Waals surface area contributed by atoms with Crippen LogP contribution in [0.1, 0.15) is 32.1 Å². The number of hydrogen-bond acceptors (Lipinski definition) is 6. The van der Waals surface area contributed by atoms with Gasteiger partial charge in [0.05, 0.1) is 51.7 Å². The molecule has 2 saturated heterocycles. The largest absolute Gasteiger partial charge is 0.378 e. The minimum Gasteiger partial charge on any atom is -0.378 e. The first-order chi connectivity index (χ1) is 14.2. The molecule has 2 aliphatic rings. The monoisotopic (exact) mass is 427 g/mol. The van der Waals surface area contributed by atoms with E-state index in [1.165, 1.54) is 0 Å². The maximum Gasteiger partial charge on any atom is 0.315 e. The molecule has 0 saturated carbocycles. The predicted molar refractivity (Wildman–Crippen MR) is 113 cm³/mol. The Labute approximate surface area is 177 Å². The molecule has 0 aromatic carbocycles. The average molecular weight is 428 g/mol. The first-order valence-corrected chi connectivity index (χ1v) is 11.4. The highest BCUT2D eigenvalue weighted by atomic mass is 32.2. The van der Waals surface area contributed by atoms with Crippen molar-refractivity contribution in [2.75, 3.05) is 51.9 Å². The minimum absolute atomic E-state index is 0.0522. The number of ether oxygens (including phenoxy) is 3. The summed E-state index contributed by atoms with van der Waals surface area (Å²) >= 11 is 1.91. The van der Waals surface area contributed by atoms with Gasteiger partial charge in [0, 0.05) is 30.4 Å². The summed E-state index contributed by atoms with van der Waals surface area (Å²) in [7, 11) is 0. The number of urea groups is 1. The molecule has 0 spiro atoms. The van der Waals surface area contributed by atoms with Crippen molar-refractivity contribution in [2.24, 2.45) is 0 Å². The van der Waals surface area contributed by atoms with Crippen LogP contribution >= 0.6 is 11.8 Å². The van der Waals surface area contributed by atoms with E-state index in [-0.39, 0.29) is 24.0 Å². The van der Waals surface area contributed by atoms with Crippen LogP contribution in [0.3, 0.4) is 0 Å². The zero-order valence-electron chi connectivity index (χ0n) is 17.0. The van der Waals surface area contributed by atoms with Crippen molar-refractivity contribution in [3.05, 3.63) is 0 Å². The van der Waals surface area contributed by atoms with Crippen LogP contribution in [0.2, 0.25) is 0 Å². The predicted octanol–water partition coefficient (Wildman–Crippen LogP) is 0.902. The van der Waals surface area contributed by atoms with Gasteiger partial charge in [-0.2, -0.15) is 11.8 Å². The van der Waals surface area contributed by atoms with Gasteiger partial charge in [0.1, 0.15) is 0 Å². The van der Waals surface area contributed by atoms with Crippen LogP contribution in [0.15, 0.2) is 0 Å². The summed E-state index contributed by atoms with van der Waals surface area (Å²) < 4.78 is 16.0. The first kappa shape index (κ1) is 23.8. The Bertz CT molecular complexity index is 543. The average Bonchev–Trinajstić information content (AvgIpc) is 3.25. The molecule has 0 bridgehead atoms. The van der Waals surface area contributed by atoms with Gasteiger partial charge in [0.25, 0.3) is 0 Å². The lowest BCUT2D eigenvalue weighted by Crippen LogP contribution is -2.36. The van der Waals surface area contributed by atoms with Gasteiger partial charge in [0.15, 0.2) is 0 Å². The molecule has 0 aromatic rings. The van der Waals surface area contributed by atoms with Crippen LogP contribution in [0.4, 0.5) is 4.79 Å². The Morgan fingerprint density at radius 2 is 1.83 bits per heavy atom. The lowest BCUT2D eigenvalue weighted by Gasteiger charge is -2.16. The highest BCUT2D eigenvalue weighted by Crippen LogP contribution is 2.33. The quantitative estimate of drug-likeness (QED) is 0.192. The van der Waals surface area contributed by atoms with Crippen LogP contribution in [-0.4, -0.2) is 81.2 Å². The Kier molecular flexibility index (Phi) is 11.9. The van der Waals surface area contributed by atoms with Gasteiger partial charge >= 0.3 is 6.03 Å². The van der Waals surface area contributed by atoms with Crippen molar-refractivity contribution in [1.29, 1.82) is 0 Å². The number of hydrogen-bond donors (Lipinski definition) is 3. The number of nitrogens with one attached hydrogen (secondary N) is 3. The normalized spacial score (nSPS) is 22.6. The fourth-order valence-electron chi connectivity index (χ4n) is 3.30. The van der Waals surface area contributed by atoms with E-state index in [0.717, 1.165) is 25.0 Å². The smallest absolute Gasteiger partial charge is 0.315 e. The van der Waals surface area contributed by atoms with Gasteiger partial charge in [-0.1, -0.05) is 6.42 Å². The van der Waals surface area contributed by atoms with E-state index < -0.39 is 0 Å². The second kappa shape index (κ2) is 14.5. The molecule has 2 rings (SSSR count). The van der Waals surface area contributed by atoms with E-state index in [0.29, 0.717) is 64.3 Å². The highest BCUT2D eigenvalue weighted by Gasteiger charge is 2.42. The Hall–Kier alpha value is -1.47. The Morgan fingerprint density at radius 1 is 1.10 bits per heavy atom. The molecule has 0 radical (unpaired) electrons. The molecule has 164 valence electrons. The number of rotatable bonds is 16. The van der Waals surface area contributed by atoms with Crippen molar-refractivity contribution in [3.63, 3.8) is 0 Å². The molecule has 2 fully saturated rings. The van der Waals surface area contributed by atoms with Gasteiger partial charge in [0.2, 0.25) is 5.91 Å². The SMILES string of the molecule is C#CCCOCCOCCOCCNC(=O)CCCCC1SC[C@H]2NC(=O)N[C@@H]12. The molecule has 2 aliphatic heterocycles. The van der Waals surface area contributed by atoms with Crippen molar-refractivity contribution < 1.29 is 23.8 Å². The number of carbonyl (C=O) groups is 2. The van der Waals surface area contributed by atoms with E-state index in [4.69, 9.17) is 20.6 Å². The van der Waals surface area contributed by atoms with Gasteiger partial charge in [-0.3, -0.25) is 4.79 Å². The number of carbonyl (C=O) groups excluding carboxylic acids is 2. The van der Waals surface area contributed by atoms with Crippen LogP contribution in [0.5, 0.6) is 0 Å². The van der Waals surface area contributed by atoms with Gasteiger partial charge in [-0.15, -0.1) is 12.3 Å². The number of fused-ring (bicyclic) bond motifs is 1. The number of terminal acetylenes is 1. The van der Waals surface area contributed by atoms with Crippen molar-refractivity contribution in [3.8, 4) is 12.3 Å². The van der Waals surface area contributed by atoms with E-state index >= 15 is 0 Å². The lowest BCUT2D eigenvalue weighted by atomic mass is 10.0. The Morgan fingerprint density at radius 3 is 2.59 bits per heavy atom. The van der Waals surface area contributed by atoms with Crippen molar-refractivity contribution in [2.45, 2.75) is 49.4 Å². The molecule has 3 amide bonds. The molecule has 0 aliphatic carbocycles. The molecular weight excluding hydrogens is 394 g/mol. The van der Waals surface area contributed by atoms with E-state index in [2.05, 4.69) is 21.9 Å². The third kappa shape index (κ3) is 9.72. The summed E-state index contributed by atoms with van der Waals surface area (Å²) in [5.74, 6) is 3.54. The fraction of sp³-hybridized carbons (Fsp3) is 0.800. The molecule has 0 aromatic heterocycles. The van der Waals surface area contributed by atoms with Crippen LogP contribution in [-0.2, 0) is 19.0 Å². The number of unbranched alkanes of at least 4 members (excludes halogenated alkanes) is 1. The van der Waals surface area contributed by atoms with Crippen LogP contribution < -0.4 is 16.0 Å². The Balaban J connectivity index is 1.33. The maximum absolute atomic E-state index is 11.9. The molecule has 8 nitrogen and oxygen atoms in total. The molecule has 3 N–H and O–H groups in total. The summed E-state index contributed by atoms with van der Waals surface area (Å²) in [4.78, 5) is 23.2. The summed E-state index contributed by atoms with van der Waals surface area (Å²) in [5.41, 5.74) is 0. The van der Waals surface area contributed by atoms with E-state index in [1.807, 2.05) is 11.8 Å². The molecular formula is C20H33N3O5S. The van der Waals surface area contributed by atoms with Gasteiger partial charge in [-0.05, 0) is 12.8 Å². The summed E-state index contributed by atoms with van der Waals surface area (Å²) in [5, 5.41) is 9.26. The van der Waals surface area contributed by atoms with Crippen LogP contribution in [0, 0.1) is 12.3 Å². The first-order valence-electron chi connectivity index (χ1n) is 10.3. The van der Waals surface area contributed by atoms with Crippen molar-refractivity contribution >= 4 is 23.7 Å². The molecule has 9 heteroatoms. The maximum atomic E-state index is 11.9. The topological polar surface area (TPSA) is 97.9 Å². The standard InChI is InChI=1S/C20H33N3O5S/c1-2-3-9-26-11-13-28-14-12-27-10-8-21-18(24)7-5-4-6-17-19-16(15-29-17)22-20(25)23-19/h1,16-17,19H,3-15H2,(H,21,24)(H2,22,23,25)/t16-,17?,19-/m1/s1. The number of amides is 3.